The first kappa shape index (κ1) is 16.5. The summed E-state index contributed by atoms with van der Waals surface area (Å²) in [6, 6.07) is 5.93. The predicted molar refractivity (Wildman–Crippen MR) is 106 cm³/mol. The summed E-state index contributed by atoms with van der Waals surface area (Å²) in [5.41, 5.74) is 2.11. The van der Waals surface area contributed by atoms with Crippen molar-refractivity contribution in [2.24, 2.45) is 17.8 Å². The Morgan fingerprint density at radius 3 is 2.50 bits per heavy atom. The second-order valence-electron chi connectivity index (χ2n) is 8.97. The summed E-state index contributed by atoms with van der Waals surface area (Å²) in [5.74, 6) is 2.69. The first-order valence-corrected chi connectivity index (χ1v) is 10.8. The molecule has 1 atom stereocenters. The molecule has 1 amide bonds. The summed E-state index contributed by atoms with van der Waals surface area (Å²) in [7, 11) is 0. The summed E-state index contributed by atoms with van der Waals surface area (Å²) >= 11 is 1.69. The minimum atomic E-state index is -0.227. The molecule has 0 unspecified atom stereocenters. The van der Waals surface area contributed by atoms with Crippen LogP contribution in [0.5, 0.6) is 0 Å². The van der Waals surface area contributed by atoms with Crippen LogP contribution in [0.25, 0.3) is 10.2 Å². The van der Waals surface area contributed by atoms with Crippen molar-refractivity contribution in [2.75, 3.05) is 5.32 Å². The molecule has 6 rings (SSSR count). The predicted octanol–water partition coefficient (Wildman–Crippen LogP) is 4.49. The largest absolute Gasteiger partial charge is 0.374 e. The maximum Gasteiger partial charge on any atom is 0.242 e. The Kier molecular flexibility index (Phi) is 3.78. The Morgan fingerprint density at radius 2 is 1.85 bits per heavy atom. The summed E-state index contributed by atoms with van der Waals surface area (Å²) < 4.78 is 1.17. The van der Waals surface area contributed by atoms with E-state index in [9.17, 15) is 4.79 Å². The van der Waals surface area contributed by atoms with Crippen molar-refractivity contribution in [2.45, 2.75) is 64.0 Å². The number of nitrogens with one attached hydrogen (secondary N) is 2. The maximum atomic E-state index is 12.9. The number of benzene rings is 1. The van der Waals surface area contributed by atoms with E-state index in [1.807, 2.05) is 26.0 Å². The van der Waals surface area contributed by atoms with Crippen LogP contribution in [0.4, 0.5) is 5.69 Å². The van der Waals surface area contributed by atoms with Crippen molar-refractivity contribution in [1.82, 2.24) is 10.3 Å². The smallest absolute Gasteiger partial charge is 0.242 e. The van der Waals surface area contributed by atoms with Gasteiger partial charge in [0, 0.05) is 11.2 Å². The topological polar surface area (TPSA) is 54.0 Å². The number of aryl methyl sites for hydroxylation is 1. The van der Waals surface area contributed by atoms with E-state index in [2.05, 4.69) is 21.7 Å². The second-order valence-corrected chi connectivity index (χ2v) is 10.2. The maximum absolute atomic E-state index is 12.9. The fraction of sp³-hybridized carbons (Fsp3) is 0.619. The van der Waals surface area contributed by atoms with Crippen LogP contribution in [0.1, 0.15) is 50.5 Å². The average Bonchev–Trinajstić information content (AvgIpc) is 2.92. The van der Waals surface area contributed by atoms with Crippen LogP contribution in [-0.2, 0) is 4.79 Å². The molecule has 1 heterocycles. The molecule has 1 aromatic heterocycles. The van der Waals surface area contributed by atoms with Gasteiger partial charge in [0.15, 0.2) is 0 Å². The molecule has 2 aromatic rings. The number of hydrogen-bond donors (Lipinski definition) is 2. The van der Waals surface area contributed by atoms with Gasteiger partial charge in [-0.05, 0) is 88.3 Å². The number of thiazole rings is 1. The van der Waals surface area contributed by atoms with E-state index in [4.69, 9.17) is 0 Å². The number of rotatable bonds is 4. The molecule has 4 nitrogen and oxygen atoms in total. The standard InChI is InChI=1S/C21H27N3OS/c1-12(22-17-3-4-18-19(8-17)26-13(2)23-18)20(25)24-21-9-14-5-15(10-21)7-16(6-14)11-21/h3-4,8,12,14-16,22H,5-7,9-11H2,1-2H3,(H,24,25)/t12-,14?,15?,16?,21?/m0/s1. The van der Waals surface area contributed by atoms with Crippen molar-refractivity contribution in [3.63, 3.8) is 0 Å². The number of anilines is 1. The molecule has 2 N–H and O–H groups in total. The summed E-state index contributed by atoms with van der Waals surface area (Å²) in [5, 5.41) is 7.94. The lowest BCUT2D eigenvalue weighted by molar-refractivity contribution is -0.127. The Labute approximate surface area is 158 Å². The Hall–Kier alpha value is -1.62. The van der Waals surface area contributed by atoms with Gasteiger partial charge in [-0.1, -0.05) is 0 Å². The highest BCUT2D eigenvalue weighted by molar-refractivity contribution is 7.18. The molecular weight excluding hydrogens is 342 g/mol. The molecule has 0 aliphatic heterocycles. The highest BCUT2D eigenvalue weighted by Crippen LogP contribution is 2.55. The van der Waals surface area contributed by atoms with Gasteiger partial charge in [0.2, 0.25) is 5.91 Å². The normalized spacial score (nSPS) is 33.4. The van der Waals surface area contributed by atoms with Crippen LogP contribution >= 0.6 is 11.3 Å². The van der Waals surface area contributed by atoms with Crippen LogP contribution in [0, 0.1) is 24.7 Å². The third-order valence-corrected chi connectivity index (χ3v) is 7.63. The minimum absolute atomic E-state index is 0.0838. The average molecular weight is 370 g/mol. The fourth-order valence-electron chi connectivity index (χ4n) is 6.08. The number of carbonyl (C=O) groups is 1. The van der Waals surface area contributed by atoms with Crippen LogP contribution in [0.3, 0.4) is 0 Å². The van der Waals surface area contributed by atoms with E-state index in [0.717, 1.165) is 34.0 Å². The van der Waals surface area contributed by atoms with Gasteiger partial charge < -0.3 is 10.6 Å². The van der Waals surface area contributed by atoms with Gasteiger partial charge in [-0.25, -0.2) is 4.98 Å². The highest BCUT2D eigenvalue weighted by atomic mass is 32.1. The third kappa shape index (κ3) is 2.90. The van der Waals surface area contributed by atoms with E-state index in [1.54, 1.807) is 11.3 Å². The van der Waals surface area contributed by atoms with Crippen LogP contribution in [0.15, 0.2) is 18.2 Å². The zero-order valence-electron chi connectivity index (χ0n) is 15.5. The van der Waals surface area contributed by atoms with Crippen molar-refractivity contribution in [3.8, 4) is 0 Å². The van der Waals surface area contributed by atoms with E-state index in [0.29, 0.717) is 0 Å². The number of amides is 1. The summed E-state index contributed by atoms with van der Waals surface area (Å²) in [6.07, 6.45) is 7.79. The second kappa shape index (κ2) is 5.95. The van der Waals surface area contributed by atoms with Crippen molar-refractivity contribution in [1.29, 1.82) is 0 Å². The molecule has 4 aliphatic rings. The van der Waals surface area contributed by atoms with Gasteiger partial charge in [0.1, 0.15) is 6.04 Å². The van der Waals surface area contributed by atoms with Gasteiger partial charge in [-0.3, -0.25) is 4.79 Å². The van der Waals surface area contributed by atoms with E-state index >= 15 is 0 Å². The van der Waals surface area contributed by atoms with Crippen LogP contribution < -0.4 is 10.6 Å². The lowest BCUT2D eigenvalue weighted by Crippen LogP contribution is -2.61. The molecule has 138 valence electrons. The molecule has 4 aliphatic carbocycles. The molecule has 5 heteroatoms. The van der Waals surface area contributed by atoms with Gasteiger partial charge in [-0.15, -0.1) is 11.3 Å². The molecule has 1 aromatic carbocycles. The zero-order chi connectivity index (χ0) is 17.9. The van der Waals surface area contributed by atoms with E-state index in [-0.39, 0.29) is 17.5 Å². The van der Waals surface area contributed by atoms with Gasteiger partial charge >= 0.3 is 0 Å². The van der Waals surface area contributed by atoms with Gasteiger partial charge in [-0.2, -0.15) is 0 Å². The van der Waals surface area contributed by atoms with E-state index in [1.165, 1.54) is 43.2 Å². The minimum Gasteiger partial charge on any atom is -0.374 e. The van der Waals surface area contributed by atoms with Crippen molar-refractivity contribution < 1.29 is 4.79 Å². The number of hydrogen-bond acceptors (Lipinski definition) is 4. The zero-order valence-corrected chi connectivity index (χ0v) is 16.4. The van der Waals surface area contributed by atoms with Crippen LogP contribution in [0.2, 0.25) is 0 Å². The quantitative estimate of drug-likeness (QED) is 0.835. The van der Waals surface area contributed by atoms with Crippen LogP contribution in [-0.4, -0.2) is 22.5 Å². The molecule has 4 saturated carbocycles. The lowest BCUT2D eigenvalue weighted by atomic mass is 9.53. The van der Waals surface area contributed by atoms with Gasteiger partial charge in [0.25, 0.3) is 0 Å². The Morgan fingerprint density at radius 1 is 1.19 bits per heavy atom. The first-order valence-electron chi connectivity index (χ1n) is 9.94. The number of fused-ring (bicyclic) bond motifs is 1. The monoisotopic (exact) mass is 369 g/mol. The fourth-order valence-corrected chi connectivity index (χ4v) is 6.94. The Bertz CT molecular complexity index is 823. The number of carbonyl (C=O) groups excluding carboxylic acids is 1. The Balaban J connectivity index is 1.27. The number of aromatic nitrogens is 1. The molecule has 0 saturated heterocycles. The molecule has 0 spiro atoms. The number of nitrogens with zero attached hydrogens (tertiary/aromatic N) is 1. The highest BCUT2D eigenvalue weighted by Gasteiger charge is 2.51. The SMILES string of the molecule is Cc1nc2ccc(N[C@@H](C)C(=O)NC34CC5CC(CC(C5)C3)C4)cc2s1. The lowest BCUT2D eigenvalue weighted by Gasteiger charge is -2.57. The van der Waals surface area contributed by atoms with Crippen molar-refractivity contribution >= 4 is 33.1 Å². The van der Waals surface area contributed by atoms with Crippen molar-refractivity contribution in [3.05, 3.63) is 23.2 Å². The summed E-state index contributed by atoms with van der Waals surface area (Å²) in [4.78, 5) is 17.4. The molecule has 0 radical (unpaired) electrons. The summed E-state index contributed by atoms with van der Waals surface area (Å²) in [6.45, 7) is 4.00. The first-order chi connectivity index (χ1) is 12.5. The third-order valence-electron chi connectivity index (χ3n) is 6.70. The molecule has 26 heavy (non-hydrogen) atoms. The molecule has 4 fully saturated rings. The molecular formula is C21H27N3OS. The molecule has 4 bridgehead atoms. The van der Waals surface area contributed by atoms with Gasteiger partial charge in [0.05, 0.1) is 15.2 Å². The van der Waals surface area contributed by atoms with E-state index < -0.39 is 0 Å².